The number of carbonyl (C=O) groups excluding carboxylic acids is 5. The molecule has 1 aromatic rings. The molecule has 4 N–H and O–H groups in total. The van der Waals surface area contributed by atoms with Crippen LogP contribution in [0.5, 0.6) is 0 Å². The van der Waals surface area contributed by atoms with Crippen molar-refractivity contribution in [3.63, 3.8) is 0 Å². The van der Waals surface area contributed by atoms with E-state index in [4.69, 9.17) is 9.47 Å². The van der Waals surface area contributed by atoms with Crippen molar-refractivity contribution in [1.29, 1.82) is 0 Å². The largest absolute Gasteiger partial charge is 0.432 e. The summed E-state index contributed by atoms with van der Waals surface area (Å²) in [5.41, 5.74) is 1.60. The number of rotatable bonds is 25. The summed E-state index contributed by atoms with van der Waals surface area (Å²) in [6.45, 7) is 20.3. The summed E-state index contributed by atoms with van der Waals surface area (Å²) in [5.74, 6) is -2.34. The number of amides is 5. The fourth-order valence-corrected chi connectivity index (χ4v) is 9.40. The second-order valence-electron chi connectivity index (χ2n) is 18.0. The maximum absolute atomic E-state index is 14.3. The number of methoxy groups -OCH3 is 2. The lowest BCUT2D eigenvalue weighted by molar-refractivity contribution is -0.145. The van der Waals surface area contributed by atoms with Crippen LogP contribution in [0.15, 0.2) is 42.5 Å². The van der Waals surface area contributed by atoms with E-state index in [1.165, 1.54) is 14.2 Å². The Morgan fingerprint density at radius 2 is 1.55 bits per heavy atom. The number of likely N-dealkylation sites (N-methyl/N-ethyl adjacent to an activating group) is 2. The number of hydrogen-bond donors (Lipinski definition) is 4. The Kier molecular flexibility index (Phi) is 21.6. The van der Waals surface area contributed by atoms with E-state index < -0.39 is 56.7 Å². The quantitative estimate of drug-likeness (QED) is 0.0646. The normalized spacial score (nSPS) is 18.0. The molecule has 1 aliphatic rings. The van der Waals surface area contributed by atoms with Gasteiger partial charge in [0.2, 0.25) is 29.5 Å². The Balaban J connectivity index is 2.29. The predicted octanol–water partition coefficient (Wildman–Crippen LogP) is 3.99. The Hall–Kier alpha value is -3.63. The Bertz CT molecular complexity index is 1550. The zero-order valence-electron chi connectivity index (χ0n) is 38.9. The molecule has 0 aliphatic carbocycles. The third-order valence-electron chi connectivity index (χ3n) is 11.7. The van der Waals surface area contributed by atoms with Crippen LogP contribution < -0.4 is 16.0 Å². The van der Waals surface area contributed by atoms with E-state index >= 15 is 0 Å². The summed E-state index contributed by atoms with van der Waals surface area (Å²) < 4.78 is 12.0. The van der Waals surface area contributed by atoms with Gasteiger partial charge in [-0.1, -0.05) is 84.0 Å². The number of nitrogens with zero attached hydrogens (tertiary/aromatic N) is 3. The highest BCUT2D eigenvalue weighted by atomic mass is 28.4. The summed E-state index contributed by atoms with van der Waals surface area (Å²) in [7, 11) is 6.13. The number of hydrogen-bond acceptors (Lipinski definition) is 9. The van der Waals surface area contributed by atoms with E-state index in [1.54, 1.807) is 23.8 Å². The number of benzene rings is 1. The van der Waals surface area contributed by atoms with Crippen molar-refractivity contribution in [1.82, 2.24) is 30.7 Å². The van der Waals surface area contributed by atoms with Crippen molar-refractivity contribution < 1.29 is 38.2 Å². The lowest BCUT2D eigenvalue weighted by Crippen LogP contribution is -2.59. The van der Waals surface area contributed by atoms with Crippen LogP contribution in [0, 0.1) is 17.8 Å². The van der Waals surface area contributed by atoms with Gasteiger partial charge in [-0.15, -0.1) is 0 Å². The molecule has 0 aromatic heterocycles. The molecule has 0 unspecified atom stereocenters. The van der Waals surface area contributed by atoms with E-state index in [9.17, 15) is 28.8 Å². The van der Waals surface area contributed by atoms with Crippen LogP contribution in [0.1, 0.15) is 79.2 Å². The SMILES string of the molecule is C=C(CC)[C@@H]([C@@H](CC(=O)N1CCC[C@H]1[C@H](OC)[C@@H](C)C(=O)N[C@@H](Cc1ccccc1)C(=O)NCCC[Si](C)(C)O)OC)N(C)C(=O)[C@@H](NC(=O)[C@H](C(C)C)N(C)C)C(C)C. The summed E-state index contributed by atoms with van der Waals surface area (Å²) in [4.78, 5) is 84.9. The molecule has 60 heavy (non-hydrogen) atoms. The molecule has 0 radical (unpaired) electrons. The minimum atomic E-state index is -2.26. The second kappa shape index (κ2) is 24.7. The van der Waals surface area contributed by atoms with E-state index in [-0.39, 0.29) is 54.2 Å². The average Bonchev–Trinajstić information content (AvgIpc) is 3.67. The Morgan fingerprint density at radius 3 is 2.07 bits per heavy atom. The van der Waals surface area contributed by atoms with Crippen molar-refractivity contribution in [2.75, 3.05) is 48.5 Å². The summed E-state index contributed by atoms with van der Waals surface area (Å²) in [6.07, 6.45) is 1.29. The minimum Gasteiger partial charge on any atom is -0.432 e. The fraction of sp³-hybridized carbons (Fsp3) is 0.711. The molecule has 1 saturated heterocycles. The van der Waals surface area contributed by atoms with Gasteiger partial charge >= 0.3 is 0 Å². The van der Waals surface area contributed by atoms with Crippen molar-refractivity contribution in [2.45, 2.75) is 142 Å². The lowest BCUT2D eigenvalue weighted by atomic mass is 9.92. The standard InChI is InChI=1S/C45H78N6O8Si/c1-15-31(6)40(50(10)45(56)38(29(2)3)48-44(55)39(30(4)5)49(8)9)36(58-11)28-37(52)51-25-19-23-35(51)41(59-12)32(7)42(53)47-34(27-33-21-17-16-18-22-33)43(54)46-24-20-26-60(13,14)57/h16-18,21-22,29-30,32,34-36,38-41,57H,6,15,19-20,23-28H2,1-5,7-14H3,(H,46,54)(H,47,53)(H,48,55)/t32-,34+,35+,36-,38+,39+,40+,41-/m1/s1. The average molecular weight is 859 g/mol. The maximum atomic E-state index is 14.3. The first-order valence-corrected chi connectivity index (χ1v) is 24.9. The van der Waals surface area contributed by atoms with Crippen LogP contribution in [0.2, 0.25) is 19.1 Å². The number of nitrogens with one attached hydrogen (secondary N) is 3. The van der Waals surface area contributed by atoms with Crippen LogP contribution in [0.3, 0.4) is 0 Å². The van der Waals surface area contributed by atoms with E-state index in [1.807, 2.05) is 97.0 Å². The monoisotopic (exact) mass is 859 g/mol. The highest BCUT2D eigenvalue weighted by molar-refractivity contribution is 6.69. The summed E-state index contributed by atoms with van der Waals surface area (Å²) >= 11 is 0. The van der Waals surface area contributed by atoms with Crippen LogP contribution in [-0.4, -0.2) is 148 Å². The number of likely N-dealkylation sites (tertiary alicyclic amines) is 1. The Morgan fingerprint density at radius 1 is 0.917 bits per heavy atom. The second-order valence-corrected chi connectivity index (χ2v) is 22.1. The van der Waals surface area contributed by atoms with Gasteiger partial charge in [-0.2, -0.15) is 0 Å². The van der Waals surface area contributed by atoms with Crippen LogP contribution in [0.25, 0.3) is 0 Å². The number of carbonyl (C=O) groups is 5. The molecule has 0 spiro atoms. The van der Waals surface area contributed by atoms with Crippen molar-refractivity contribution in [2.24, 2.45) is 17.8 Å². The van der Waals surface area contributed by atoms with E-state index in [0.717, 1.165) is 5.56 Å². The summed E-state index contributed by atoms with van der Waals surface area (Å²) in [6, 6.07) is 6.94. The first-order valence-electron chi connectivity index (χ1n) is 21.7. The molecule has 14 nitrogen and oxygen atoms in total. The van der Waals surface area contributed by atoms with Crippen LogP contribution >= 0.6 is 0 Å². The molecule has 1 aromatic carbocycles. The smallest absolute Gasteiger partial charge is 0.245 e. The number of ether oxygens (including phenoxy) is 2. The van der Waals surface area contributed by atoms with Gasteiger partial charge in [0.25, 0.3) is 0 Å². The Labute approximate surface area is 361 Å². The van der Waals surface area contributed by atoms with Gasteiger partial charge < -0.3 is 40.0 Å². The van der Waals surface area contributed by atoms with Gasteiger partial charge in [0, 0.05) is 40.8 Å². The first kappa shape index (κ1) is 52.5. The van der Waals surface area contributed by atoms with Crippen LogP contribution in [0.4, 0.5) is 0 Å². The zero-order chi connectivity index (χ0) is 45.5. The molecule has 0 bridgehead atoms. The van der Waals surface area contributed by atoms with Crippen molar-refractivity contribution >= 4 is 37.9 Å². The van der Waals surface area contributed by atoms with Gasteiger partial charge in [-0.25, -0.2) is 0 Å². The third kappa shape index (κ3) is 15.4. The van der Waals surface area contributed by atoms with Gasteiger partial charge in [0.05, 0.1) is 42.7 Å². The molecule has 0 saturated carbocycles. The summed E-state index contributed by atoms with van der Waals surface area (Å²) in [5, 5.41) is 8.93. The van der Waals surface area contributed by atoms with Gasteiger partial charge in [0.15, 0.2) is 8.32 Å². The van der Waals surface area contributed by atoms with E-state index in [2.05, 4.69) is 22.5 Å². The lowest BCUT2D eigenvalue weighted by Gasteiger charge is -2.39. The molecule has 1 aliphatic heterocycles. The molecule has 8 atom stereocenters. The van der Waals surface area contributed by atoms with E-state index in [0.29, 0.717) is 50.4 Å². The van der Waals surface area contributed by atoms with Gasteiger partial charge in [0.1, 0.15) is 12.1 Å². The minimum absolute atomic E-state index is 0.0205. The topological polar surface area (TPSA) is 170 Å². The molecular formula is C45H78N6O8Si. The fourth-order valence-electron chi connectivity index (χ4n) is 8.36. The third-order valence-corrected chi connectivity index (χ3v) is 13.3. The molecule has 1 fully saturated rings. The highest BCUT2D eigenvalue weighted by Gasteiger charge is 2.43. The molecule has 15 heteroatoms. The molecule has 5 amide bonds. The molecule has 340 valence electrons. The molecule has 1 heterocycles. The van der Waals surface area contributed by atoms with Gasteiger partial charge in [-0.05, 0) is 76.3 Å². The van der Waals surface area contributed by atoms with Crippen molar-refractivity contribution in [3.05, 3.63) is 48.0 Å². The van der Waals surface area contributed by atoms with Crippen molar-refractivity contribution in [3.8, 4) is 0 Å². The maximum Gasteiger partial charge on any atom is 0.245 e. The molecule has 2 rings (SSSR count). The molecular weight excluding hydrogens is 781 g/mol. The predicted molar refractivity (Wildman–Crippen MR) is 239 cm³/mol. The first-order chi connectivity index (χ1) is 28.1. The highest BCUT2D eigenvalue weighted by Crippen LogP contribution is 2.29. The van der Waals surface area contributed by atoms with Crippen LogP contribution in [-0.2, 0) is 39.9 Å². The zero-order valence-corrected chi connectivity index (χ0v) is 39.9. The van der Waals surface area contributed by atoms with Gasteiger partial charge in [-0.3, -0.25) is 28.9 Å².